The Labute approximate surface area is 195 Å². The van der Waals surface area contributed by atoms with Gasteiger partial charge in [-0.25, -0.2) is 8.78 Å². The van der Waals surface area contributed by atoms with Gasteiger partial charge in [0.05, 0.1) is 29.8 Å². The number of ether oxygens (including phenoxy) is 2. The van der Waals surface area contributed by atoms with Crippen LogP contribution in [0.4, 0.5) is 8.78 Å². The number of nitrogens with two attached hydrogens (primary N) is 1. The highest BCUT2D eigenvalue weighted by molar-refractivity contribution is 6.32. The van der Waals surface area contributed by atoms with Crippen molar-refractivity contribution in [3.8, 4) is 5.75 Å². The fraction of sp³-hybridized carbons (Fsp3) is 0.500. The molecule has 1 atom stereocenters. The highest BCUT2D eigenvalue weighted by atomic mass is 19.1. The highest BCUT2D eigenvalue weighted by Gasteiger charge is 2.67. The lowest BCUT2D eigenvalue weighted by atomic mass is 9.68. The van der Waals surface area contributed by atoms with Crippen molar-refractivity contribution in [3.05, 3.63) is 35.5 Å². The van der Waals surface area contributed by atoms with Gasteiger partial charge in [0.25, 0.3) is 5.91 Å². The van der Waals surface area contributed by atoms with Gasteiger partial charge < -0.3 is 20.2 Å². The van der Waals surface area contributed by atoms with Gasteiger partial charge in [0, 0.05) is 37.2 Å². The number of hydrogen-bond acceptors (Lipinski definition) is 7. The summed E-state index contributed by atoms with van der Waals surface area (Å²) >= 11 is 0. The van der Waals surface area contributed by atoms with E-state index in [0.717, 1.165) is 22.9 Å². The maximum absolute atomic E-state index is 13.6. The summed E-state index contributed by atoms with van der Waals surface area (Å²) in [7, 11) is 0. The van der Waals surface area contributed by atoms with Gasteiger partial charge in [-0.05, 0) is 42.7 Å². The van der Waals surface area contributed by atoms with E-state index in [1.54, 1.807) is 0 Å². The third-order valence-electron chi connectivity index (χ3n) is 7.15. The molecule has 1 aromatic carbocycles. The Hall–Kier alpha value is -3.14. The van der Waals surface area contributed by atoms with Gasteiger partial charge in [-0.15, -0.1) is 0 Å². The molecule has 10 heteroatoms. The summed E-state index contributed by atoms with van der Waals surface area (Å²) in [6.45, 7) is 1.38. The Morgan fingerprint density at radius 3 is 2.97 bits per heavy atom. The van der Waals surface area contributed by atoms with Gasteiger partial charge >= 0.3 is 0 Å². The van der Waals surface area contributed by atoms with Crippen LogP contribution in [-0.4, -0.2) is 71.4 Å². The maximum Gasteiger partial charge on any atom is 0.254 e. The highest BCUT2D eigenvalue weighted by Crippen LogP contribution is 2.55. The molecule has 180 valence electrons. The smallest absolute Gasteiger partial charge is 0.254 e. The molecule has 8 nitrogen and oxygen atoms in total. The van der Waals surface area contributed by atoms with Crippen LogP contribution in [0.5, 0.6) is 5.75 Å². The largest absolute Gasteiger partial charge is 0.484 e. The number of hydrazone groups is 1. The fourth-order valence-electron chi connectivity index (χ4n) is 5.49. The minimum atomic E-state index is -1.14. The van der Waals surface area contributed by atoms with Crippen molar-refractivity contribution in [3.63, 3.8) is 0 Å². The Morgan fingerprint density at radius 2 is 2.24 bits per heavy atom. The zero-order valence-electron chi connectivity index (χ0n) is 19.0. The third kappa shape index (κ3) is 3.70. The van der Waals surface area contributed by atoms with Crippen molar-refractivity contribution in [1.29, 1.82) is 0 Å². The van der Waals surface area contributed by atoms with E-state index in [1.165, 1.54) is 16.7 Å². The Bertz CT molecular complexity index is 1180. The van der Waals surface area contributed by atoms with Gasteiger partial charge in [-0.3, -0.25) is 14.8 Å². The number of nitrogens with zero attached hydrogens (tertiary/aromatic N) is 4. The SMILES string of the molecule is CC(Oc1ccc2ncc3c(c2c1)CCOC3)/C(C=NC12CN(C(=O)CF)C(CF)(C1)C2)=N/N. The van der Waals surface area contributed by atoms with E-state index in [0.29, 0.717) is 37.5 Å². The van der Waals surface area contributed by atoms with Gasteiger partial charge in [0.1, 0.15) is 24.2 Å². The first-order valence-electron chi connectivity index (χ1n) is 11.3. The van der Waals surface area contributed by atoms with Crippen LogP contribution in [0.2, 0.25) is 0 Å². The van der Waals surface area contributed by atoms with Crippen LogP contribution in [-0.2, 0) is 22.6 Å². The molecule has 1 unspecified atom stereocenters. The first kappa shape index (κ1) is 22.6. The van der Waals surface area contributed by atoms with Crippen molar-refractivity contribution in [2.24, 2.45) is 15.9 Å². The van der Waals surface area contributed by atoms with Crippen LogP contribution in [0.25, 0.3) is 10.9 Å². The second kappa shape index (κ2) is 8.57. The molecule has 0 radical (unpaired) electrons. The number of halogens is 2. The minimum Gasteiger partial charge on any atom is -0.484 e. The molecule has 2 bridgehead atoms. The van der Waals surface area contributed by atoms with Crippen LogP contribution in [0.15, 0.2) is 34.5 Å². The first-order chi connectivity index (χ1) is 16.4. The zero-order valence-corrected chi connectivity index (χ0v) is 19.0. The zero-order chi connectivity index (χ0) is 23.9. The Balaban J connectivity index is 1.31. The lowest BCUT2D eigenvalue weighted by Gasteiger charge is -2.43. The van der Waals surface area contributed by atoms with Crippen LogP contribution in [0, 0.1) is 0 Å². The summed E-state index contributed by atoms with van der Waals surface area (Å²) < 4.78 is 38.2. The van der Waals surface area contributed by atoms with Crippen molar-refractivity contribution in [1.82, 2.24) is 9.88 Å². The second-order valence-corrected chi connectivity index (χ2v) is 9.37. The second-order valence-electron chi connectivity index (χ2n) is 9.37. The van der Waals surface area contributed by atoms with Crippen molar-refractivity contribution in [2.45, 2.75) is 50.0 Å². The van der Waals surface area contributed by atoms with Crippen molar-refractivity contribution >= 4 is 28.7 Å². The predicted octanol–water partition coefficient (Wildman–Crippen LogP) is 2.51. The van der Waals surface area contributed by atoms with E-state index in [2.05, 4.69) is 15.1 Å². The molecule has 3 aliphatic heterocycles. The molecular formula is C24H27F2N5O3. The molecule has 2 saturated heterocycles. The molecule has 1 aliphatic carbocycles. The van der Waals surface area contributed by atoms with E-state index in [1.807, 2.05) is 31.3 Å². The van der Waals surface area contributed by atoms with Gasteiger partial charge in [0.15, 0.2) is 6.67 Å². The number of fused-ring (bicyclic) bond motifs is 4. The van der Waals surface area contributed by atoms with Crippen LogP contribution < -0.4 is 10.6 Å². The number of carbonyl (C=O) groups excluding carboxylic acids is 1. The number of carbonyl (C=O) groups is 1. The molecule has 4 heterocycles. The average Bonchev–Trinajstić information content (AvgIpc) is 3.35. The normalized spacial score (nSPS) is 27.0. The van der Waals surface area contributed by atoms with Gasteiger partial charge in [-0.1, -0.05) is 0 Å². The Kier molecular flexibility index (Phi) is 5.71. The summed E-state index contributed by atoms with van der Waals surface area (Å²) in [5, 5.41) is 4.87. The molecule has 6 rings (SSSR count). The maximum atomic E-state index is 13.6. The molecule has 1 aromatic heterocycles. The average molecular weight is 472 g/mol. The topological polar surface area (TPSA) is 102 Å². The number of alkyl halides is 2. The quantitative estimate of drug-likeness (QED) is 0.380. The number of amides is 1. The standard InChI is InChI=1S/C24H27F2N5O3/c1-15(34-17-2-3-20-19(6-17)18-4-5-33-10-16(18)8-28-20)21(30-27)9-29-23-11-24(12-23,13-26)31(14-23)22(32)7-25/h2-3,6,8-9,15H,4-5,7,10-14,27H2,1H3/b29-9?,30-21+. The number of pyridine rings is 1. The summed E-state index contributed by atoms with van der Waals surface area (Å²) in [5.41, 5.74) is 2.03. The van der Waals surface area contributed by atoms with Crippen LogP contribution >= 0.6 is 0 Å². The number of aliphatic imine (C=N–C) groups is 1. The molecule has 4 aliphatic rings. The summed E-state index contributed by atoms with van der Waals surface area (Å²) in [6.07, 6.45) is 4.42. The molecule has 2 N–H and O–H groups in total. The molecule has 3 fully saturated rings. The van der Waals surface area contributed by atoms with Gasteiger partial charge in [-0.2, -0.15) is 5.10 Å². The van der Waals surface area contributed by atoms with Crippen molar-refractivity contribution < 1.29 is 23.0 Å². The summed E-state index contributed by atoms with van der Waals surface area (Å²) in [4.78, 5) is 22.3. The van der Waals surface area contributed by atoms with Crippen LogP contribution in [0.1, 0.15) is 30.9 Å². The molecule has 2 aromatic rings. The van der Waals surface area contributed by atoms with E-state index >= 15 is 0 Å². The van der Waals surface area contributed by atoms with E-state index in [4.69, 9.17) is 15.3 Å². The van der Waals surface area contributed by atoms with E-state index in [-0.39, 0.29) is 6.54 Å². The number of hydrogen-bond donors (Lipinski definition) is 1. The fourth-order valence-corrected chi connectivity index (χ4v) is 5.49. The molecule has 0 spiro atoms. The Morgan fingerprint density at radius 1 is 1.41 bits per heavy atom. The lowest BCUT2D eigenvalue weighted by molar-refractivity contribution is -0.136. The summed E-state index contributed by atoms with van der Waals surface area (Å²) in [5.74, 6) is 5.57. The third-order valence-corrected chi connectivity index (χ3v) is 7.15. The van der Waals surface area contributed by atoms with Crippen LogP contribution in [0.3, 0.4) is 0 Å². The van der Waals surface area contributed by atoms with Crippen molar-refractivity contribution in [2.75, 3.05) is 26.5 Å². The lowest BCUT2D eigenvalue weighted by Crippen LogP contribution is -2.54. The minimum absolute atomic E-state index is 0.190. The van der Waals surface area contributed by atoms with E-state index in [9.17, 15) is 13.6 Å². The number of aromatic nitrogens is 1. The van der Waals surface area contributed by atoms with Gasteiger partial charge in [0.2, 0.25) is 0 Å². The van der Waals surface area contributed by atoms with E-state index < -0.39 is 36.4 Å². The number of benzene rings is 1. The summed E-state index contributed by atoms with van der Waals surface area (Å²) in [6, 6.07) is 5.73. The predicted molar refractivity (Wildman–Crippen MR) is 124 cm³/mol. The first-order valence-corrected chi connectivity index (χ1v) is 11.3. The number of rotatable bonds is 7. The molecule has 34 heavy (non-hydrogen) atoms. The molecule has 1 amide bonds. The monoisotopic (exact) mass is 471 g/mol. The molecular weight excluding hydrogens is 444 g/mol. The molecule has 1 saturated carbocycles.